The number of pyridine rings is 1. The number of amides is 1. The lowest BCUT2D eigenvalue weighted by Gasteiger charge is -2.04. The molecule has 0 fully saturated rings. The Hall–Kier alpha value is -2.36. The van der Waals surface area contributed by atoms with Gasteiger partial charge in [-0.15, -0.1) is 0 Å². The summed E-state index contributed by atoms with van der Waals surface area (Å²) < 4.78 is 7.17. The zero-order valence-corrected chi connectivity index (χ0v) is 9.46. The maximum atomic E-state index is 11.1. The summed E-state index contributed by atoms with van der Waals surface area (Å²) in [6.07, 6.45) is 3.81. The van der Waals surface area contributed by atoms with Crippen molar-refractivity contribution in [2.75, 3.05) is 7.11 Å². The summed E-state index contributed by atoms with van der Waals surface area (Å²) in [5.74, 6) is 0.144. The topological polar surface area (TPSA) is 56.2 Å². The summed E-state index contributed by atoms with van der Waals surface area (Å²) in [6.45, 7) is 0. The zero-order chi connectivity index (χ0) is 12.3. The quantitative estimate of drug-likeness (QED) is 0.800. The second kappa shape index (κ2) is 4.65. The molecule has 0 saturated carbocycles. The number of primary amides is 1. The van der Waals surface area contributed by atoms with Crippen molar-refractivity contribution in [3.8, 4) is 11.4 Å². The standard InChI is InChI=1S/C13H12N2O2/c1-17-12-9-10(13(14)16)5-6-11(12)15-7-3-2-4-8-15/h2-9H,1H3,(H-,14,16)/p+1. The smallest absolute Gasteiger partial charge is 0.252 e. The monoisotopic (exact) mass is 229 g/mol. The second-order valence-electron chi connectivity index (χ2n) is 3.53. The number of rotatable bonds is 3. The van der Waals surface area contributed by atoms with Crippen LogP contribution in [0.5, 0.6) is 5.75 Å². The lowest BCUT2D eigenvalue weighted by molar-refractivity contribution is -0.596. The maximum Gasteiger partial charge on any atom is 0.252 e. The van der Waals surface area contributed by atoms with Gasteiger partial charge in [0.25, 0.3) is 5.69 Å². The van der Waals surface area contributed by atoms with Crippen LogP contribution in [0.15, 0.2) is 48.8 Å². The van der Waals surface area contributed by atoms with Crippen LogP contribution in [0.25, 0.3) is 5.69 Å². The van der Waals surface area contributed by atoms with Crippen molar-refractivity contribution < 1.29 is 14.1 Å². The Bertz CT molecular complexity index is 538. The second-order valence-corrected chi connectivity index (χ2v) is 3.53. The molecular weight excluding hydrogens is 216 g/mol. The molecule has 0 unspecified atom stereocenters. The van der Waals surface area contributed by atoms with Crippen LogP contribution >= 0.6 is 0 Å². The third kappa shape index (κ3) is 2.25. The third-order valence-corrected chi connectivity index (χ3v) is 2.46. The molecular formula is C13H13N2O2+. The lowest BCUT2D eigenvalue weighted by Crippen LogP contribution is -2.29. The molecule has 0 radical (unpaired) electrons. The van der Waals surface area contributed by atoms with Crippen LogP contribution in [0.4, 0.5) is 0 Å². The van der Waals surface area contributed by atoms with Crippen molar-refractivity contribution in [1.82, 2.24) is 0 Å². The van der Waals surface area contributed by atoms with E-state index in [4.69, 9.17) is 10.5 Å². The number of hydrogen-bond donors (Lipinski definition) is 1. The highest BCUT2D eigenvalue weighted by molar-refractivity contribution is 5.93. The van der Waals surface area contributed by atoms with E-state index in [1.54, 1.807) is 25.3 Å². The Morgan fingerprint density at radius 2 is 1.94 bits per heavy atom. The lowest BCUT2D eigenvalue weighted by atomic mass is 10.1. The van der Waals surface area contributed by atoms with Crippen LogP contribution in [0, 0.1) is 0 Å². The van der Waals surface area contributed by atoms with Crippen LogP contribution in [0.1, 0.15) is 10.4 Å². The molecule has 0 saturated heterocycles. The molecule has 0 aliphatic heterocycles. The van der Waals surface area contributed by atoms with Gasteiger partial charge in [-0.05, 0) is 12.1 Å². The van der Waals surface area contributed by atoms with Crippen molar-refractivity contribution in [3.63, 3.8) is 0 Å². The highest BCUT2D eigenvalue weighted by Crippen LogP contribution is 2.19. The Morgan fingerprint density at radius 3 is 2.53 bits per heavy atom. The van der Waals surface area contributed by atoms with Crippen LogP contribution < -0.4 is 15.0 Å². The van der Waals surface area contributed by atoms with Gasteiger partial charge in [0.1, 0.15) is 0 Å². The largest absolute Gasteiger partial charge is 0.490 e. The number of ether oxygens (including phenoxy) is 1. The number of nitrogens with two attached hydrogens (primary N) is 1. The first-order chi connectivity index (χ1) is 8.22. The molecule has 1 aromatic carbocycles. The predicted molar refractivity (Wildman–Crippen MR) is 63.0 cm³/mol. The van der Waals surface area contributed by atoms with Crippen LogP contribution in [-0.2, 0) is 0 Å². The first kappa shape index (κ1) is 11.1. The van der Waals surface area contributed by atoms with Crippen molar-refractivity contribution in [2.24, 2.45) is 5.73 Å². The molecule has 0 aliphatic carbocycles. The van der Waals surface area contributed by atoms with Crippen molar-refractivity contribution >= 4 is 5.91 Å². The van der Waals surface area contributed by atoms with Crippen LogP contribution in [0.2, 0.25) is 0 Å². The summed E-state index contributed by atoms with van der Waals surface area (Å²) in [4.78, 5) is 11.1. The van der Waals surface area contributed by atoms with Crippen LogP contribution in [0.3, 0.4) is 0 Å². The van der Waals surface area contributed by atoms with Gasteiger partial charge in [-0.2, -0.15) is 4.57 Å². The van der Waals surface area contributed by atoms with E-state index in [0.29, 0.717) is 11.3 Å². The molecule has 2 rings (SSSR count). The predicted octanol–water partition coefficient (Wildman–Crippen LogP) is 1.07. The summed E-state index contributed by atoms with van der Waals surface area (Å²) >= 11 is 0. The number of benzene rings is 1. The Kier molecular flexibility index (Phi) is 3.05. The summed E-state index contributed by atoms with van der Waals surface area (Å²) in [5, 5.41) is 0. The Labute approximate surface area is 99.3 Å². The van der Waals surface area contributed by atoms with E-state index in [2.05, 4.69) is 0 Å². The average Bonchev–Trinajstić information content (AvgIpc) is 2.39. The molecule has 4 nitrogen and oxygen atoms in total. The first-order valence-electron chi connectivity index (χ1n) is 5.17. The minimum atomic E-state index is -0.465. The highest BCUT2D eigenvalue weighted by Gasteiger charge is 2.14. The molecule has 4 heteroatoms. The van der Waals surface area contributed by atoms with Gasteiger partial charge in [0, 0.05) is 23.8 Å². The molecule has 0 bridgehead atoms. The molecule has 1 amide bonds. The SMILES string of the molecule is COc1cc(C(N)=O)ccc1-[n+]1ccccc1. The Balaban J connectivity index is 2.52. The number of carbonyl (C=O) groups is 1. The molecule has 0 aliphatic rings. The number of hydrogen-bond acceptors (Lipinski definition) is 2. The van der Waals surface area contributed by atoms with Gasteiger partial charge < -0.3 is 10.5 Å². The van der Waals surface area contributed by atoms with Gasteiger partial charge in [0.05, 0.1) is 7.11 Å². The minimum Gasteiger partial charge on any atom is -0.490 e. The molecule has 2 aromatic rings. The number of methoxy groups -OCH3 is 1. The van der Waals surface area contributed by atoms with Gasteiger partial charge in [-0.1, -0.05) is 6.07 Å². The van der Waals surface area contributed by atoms with Crippen molar-refractivity contribution in [1.29, 1.82) is 0 Å². The van der Waals surface area contributed by atoms with Crippen molar-refractivity contribution in [3.05, 3.63) is 54.4 Å². The fourth-order valence-corrected chi connectivity index (χ4v) is 1.60. The third-order valence-electron chi connectivity index (χ3n) is 2.46. The first-order valence-corrected chi connectivity index (χ1v) is 5.17. The molecule has 86 valence electrons. The molecule has 1 aromatic heterocycles. The zero-order valence-electron chi connectivity index (χ0n) is 9.46. The van der Waals surface area contributed by atoms with E-state index in [-0.39, 0.29) is 0 Å². The molecule has 2 N–H and O–H groups in total. The fraction of sp³-hybridized carbons (Fsp3) is 0.0769. The summed E-state index contributed by atoms with van der Waals surface area (Å²) in [7, 11) is 1.56. The van der Waals surface area contributed by atoms with E-state index >= 15 is 0 Å². The average molecular weight is 229 g/mol. The van der Waals surface area contributed by atoms with E-state index in [1.807, 2.05) is 35.2 Å². The fourth-order valence-electron chi connectivity index (χ4n) is 1.60. The van der Waals surface area contributed by atoms with E-state index in [0.717, 1.165) is 5.69 Å². The normalized spacial score (nSPS) is 9.94. The summed E-state index contributed by atoms with van der Waals surface area (Å²) in [6, 6.07) is 10.9. The van der Waals surface area contributed by atoms with Gasteiger partial charge >= 0.3 is 0 Å². The molecule has 17 heavy (non-hydrogen) atoms. The van der Waals surface area contributed by atoms with E-state index in [9.17, 15) is 4.79 Å². The number of carbonyl (C=O) groups excluding carboxylic acids is 1. The molecule has 1 heterocycles. The van der Waals surface area contributed by atoms with E-state index < -0.39 is 5.91 Å². The number of nitrogens with zero attached hydrogens (tertiary/aromatic N) is 1. The van der Waals surface area contributed by atoms with E-state index in [1.165, 1.54) is 0 Å². The van der Waals surface area contributed by atoms with Crippen LogP contribution in [-0.4, -0.2) is 13.0 Å². The van der Waals surface area contributed by atoms with Crippen molar-refractivity contribution in [2.45, 2.75) is 0 Å². The van der Waals surface area contributed by atoms with Gasteiger partial charge in [0.2, 0.25) is 5.91 Å². The van der Waals surface area contributed by atoms with Gasteiger partial charge in [-0.25, -0.2) is 0 Å². The minimum absolute atomic E-state index is 0.433. The number of aromatic nitrogens is 1. The Morgan fingerprint density at radius 1 is 1.24 bits per heavy atom. The molecule has 0 spiro atoms. The highest BCUT2D eigenvalue weighted by atomic mass is 16.5. The molecule has 0 atom stereocenters. The van der Waals surface area contributed by atoms with Gasteiger partial charge in [0.15, 0.2) is 18.1 Å². The van der Waals surface area contributed by atoms with Gasteiger partial charge in [-0.3, -0.25) is 4.79 Å². The summed E-state index contributed by atoms with van der Waals surface area (Å²) in [5.41, 5.74) is 6.52. The maximum absolute atomic E-state index is 11.1.